The van der Waals surface area contributed by atoms with Gasteiger partial charge in [0.15, 0.2) is 0 Å². The number of aliphatic hydroxyl groups excluding tert-OH is 1. The number of aromatic nitrogens is 1. The number of rotatable bonds is 3. The number of nitrogens with one attached hydrogen (secondary N) is 1. The SMILES string of the molecule is O=C(NCC1CCOCC1)c1ncccc1C#CCO. The second kappa shape index (κ2) is 7.63. The summed E-state index contributed by atoms with van der Waals surface area (Å²) in [5.41, 5.74) is 0.839. The third-order valence-electron chi connectivity index (χ3n) is 3.22. The standard InChI is InChI=1S/C15H18N2O3/c18-8-2-4-13-3-1-7-16-14(13)15(19)17-11-12-5-9-20-10-6-12/h1,3,7,12,18H,5-6,8-11H2,(H,17,19). The van der Waals surface area contributed by atoms with Gasteiger partial charge in [-0.1, -0.05) is 11.8 Å². The van der Waals surface area contributed by atoms with Crippen LogP contribution in [0.3, 0.4) is 0 Å². The van der Waals surface area contributed by atoms with E-state index in [0.717, 1.165) is 26.1 Å². The van der Waals surface area contributed by atoms with E-state index in [2.05, 4.69) is 22.1 Å². The third-order valence-corrected chi connectivity index (χ3v) is 3.22. The van der Waals surface area contributed by atoms with E-state index in [1.165, 1.54) is 0 Å². The highest BCUT2D eigenvalue weighted by atomic mass is 16.5. The summed E-state index contributed by atoms with van der Waals surface area (Å²) in [6, 6.07) is 3.44. The Morgan fingerprint density at radius 2 is 2.30 bits per heavy atom. The van der Waals surface area contributed by atoms with Crippen molar-refractivity contribution in [1.82, 2.24) is 10.3 Å². The topological polar surface area (TPSA) is 71.5 Å². The van der Waals surface area contributed by atoms with Crippen LogP contribution in [0.5, 0.6) is 0 Å². The fraction of sp³-hybridized carbons (Fsp3) is 0.467. The number of hydrogen-bond acceptors (Lipinski definition) is 4. The molecule has 1 fully saturated rings. The first kappa shape index (κ1) is 14.5. The normalized spacial score (nSPS) is 15.2. The Morgan fingerprint density at radius 1 is 1.50 bits per heavy atom. The molecule has 0 atom stereocenters. The molecule has 106 valence electrons. The highest BCUT2D eigenvalue weighted by Crippen LogP contribution is 2.13. The molecule has 0 unspecified atom stereocenters. The van der Waals surface area contributed by atoms with Crippen molar-refractivity contribution in [3.63, 3.8) is 0 Å². The Labute approximate surface area is 118 Å². The van der Waals surface area contributed by atoms with Crippen molar-refractivity contribution >= 4 is 5.91 Å². The van der Waals surface area contributed by atoms with Crippen LogP contribution in [0, 0.1) is 17.8 Å². The minimum absolute atomic E-state index is 0.223. The molecular formula is C15H18N2O3. The summed E-state index contributed by atoms with van der Waals surface area (Å²) in [7, 11) is 0. The fourth-order valence-electron chi connectivity index (χ4n) is 2.09. The predicted molar refractivity (Wildman–Crippen MR) is 74.1 cm³/mol. The van der Waals surface area contributed by atoms with Gasteiger partial charge in [0.2, 0.25) is 0 Å². The second-order valence-corrected chi connectivity index (χ2v) is 4.63. The van der Waals surface area contributed by atoms with E-state index in [1.807, 2.05) is 0 Å². The molecule has 0 spiro atoms. The summed E-state index contributed by atoms with van der Waals surface area (Å²) in [6.45, 7) is 1.92. The van der Waals surface area contributed by atoms with Gasteiger partial charge in [-0.2, -0.15) is 0 Å². The van der Waals surface area contributed by atoms with Crippen molar-refractivity contribution in [1.29, 1.82) is 0 Å². The lowest BCUT2D eigenvalue weighted by atomic mass is 10.0. The van der Waals surface area contributed by atoms with Crippen LogP contribution in [-0.2, 0) is 4.74 Å². The van der Waals surface area contributed by atoms with Crippen LogP contribution in [0.2, 0.25) is 0 Å². The van der Waals surface area contributed by atoms with E-state index in [4.69, 9.17) is 9.84 Å². The Bertz CT molecular complexity index is 513. The Balaban J connectivity index is 1.97. The molecule has 1 aromatic heterocycles. The molecule has 0 radical (unpaired) electrons. The summed E-state index contributed by atoms with van der Waals surface area (Å²) >= 11 is 0. The van der Waals surface area contributed by atoms with Crippen molar-refractivity contribution in [2.24, 2.45) is 5.92 Å². The Morgan fingerprint density at radius 3 is 3.05 bits per heavy atom. The number of aliphatic hydroxyl groups is 1. The molecule has 2 heterocycles. The van der Waals surface area contributed by atoms with Crippen LogP contribution in [0.25, 0.3) is 0 Å². The van der Waals surface area contributed by atoms with Gasteiger partial charge in [0, 0.05) is 26.0 Å². The third kappa shape index (κ3) is 4.05. The minimum atomic E-state index is -0.238. The fourth-order valence-corrected chi connectivity index (χ4v) is 2.09. The zero-order chi connectivity index (χ0) is 14.2. The number of nitrogens with zero attached hydrogens (tertiary/aromatic N) is 1. The van der Waals surface area contributed by atoms with Crippen LogP contribution in [0.1, 0.15) is 28.9 Å². The lowest BCUT2D eigenvalue weighted by Gasteiger charge is -2.22. The highest BCUT2D eigenvalue weighted by Gasteiger charge is 2.16. The number of pyridine rings is 1. The van der Waals surface area contributed by atoms with Crippen molar-refractivity contribution in [3.05, 3.63) is 29.6 Å². The summed E-state index contributed by atoms with van der Waals surface area (Å²) in [4.78, 5) is 16.2. The molecule has 20 heavy (non-hydrogen) atoms. The highest BCUT2D eigenvalue weighted by molar-refractivity contribution is 5.94. The van der Waals surface area contributed by atoms with E-state index < -0.39 is 0 Å². The Kier molecular flexibility index (Phi) is 5.54. The van der Waals surface area contributed by atoms with Gasteiger partial charge in [-0.3, -0.25) is 4.79 Å². The molecule has 1 aliphatic heterocycles. The second-order valence-electron chi connectivity index (χ2n) is 4.63. The van der Waals surface area contributed by atoms with Gasteiger partial charge in [0.1, 0.15) is 12.3 Å². The quantitative estimate of drug-likeness (QED) is 0.791. The molecule has 0 aliphatic carbocycles. The molecule has 1 saturated heterocycles. The monoisotopic (exact) mass is 274 g/mol. The zero-order valence-corrected chi connectivity index (χ0v) is 11.3. The molecule has 1 amide bonds. The lowest BCUT2D eigenvalue weighted by molar-refractivity contribution is 0.0642. The minimum Gasteiger partial charge on any atom is -0.384 e. The maximum atomic E-state index is 12.1. The van der Waals surface area contributed by atoms with Crippen molar-refractivity contribution < 1.29 is 14.6 Å². The van der Waals surface area contributed by atoms with Crippen LogP contribution >= 0.6 is 0 Å². The first-order valence-electron chi connectivity index (χ1n) is 6.72. The van der Waals surface area contributed by atoms with Crippen molar-refractivity contribution in [3.8, 4) is 11.8 Å². The molecule has 5 heteroatoms. The lowest BCUT2D eigenvalue weighted by Crippen LogP contribution is -2.33. The van der Waals surface area contributed by atoms with Crippen LogP contribution < -0.4 is 5.32 Å². The molecule has 1 aliphatic rings. The van der Waals surface area contributed by atoms with E-state index in [9.17, 15) is 4.79 Å². The van der Waals surface area contributed by atoms with Crippen molar-refractivity contribution in [2.75, 3.05) is 26.4 Å². The summed E-state index contributed by atoms with van der Waals surface area (Å²) < 4.78 is 5.29. The molecule has 2 N–H and O–H groups in total. The Hall–Kier alpha value is -1.90. The van der Waals surface area contributed by atoms with Gasteiger partial charge in [0.25, 0.3) is 5.91 Å². The molecule has 1 aromatic rings. The molecule has 0 bridgehead atoms. The first-order valence-corrected chi connectivity index (χ1v) is 6.72. The maximum absolute atomic E-state index is 12.1. The van der Waals surface area contributed by atoms with E-state index in [-0.39, 0.29) is 12.5 Å². The average Bonchev–Trinajstić information content (AvgIpc) is 2.52. The van der Waals surface area contributed by atoms with Gasteiger partial charge in [-0.25, -0.2) is 4.98 Å². The summed E-state index contributed by atoms with van der Waals surface area (Å²) in [6.07, 6.45) is 3.51. The summed E-state index contributed by atoms with van der Waals surface area (Å²) in [5, 5.41) is 11.6. The zero-order valence-electron chi connectivity index (χ0n) is 11.3. The average molecular weight is 274 g/mol. The van der Waals surface area contributed by atoms with E-state index >= 15 is 0 Å². The number of amides is 1. The number of carbonyl (C=O) groups excluding carboxylic acids is 1. The molecule has 2 rings (SSSR count). The number of ether oxygens (including phenoxy) is 1. The molecular weight excluding hydrogens is 256 g/mol. The number of hydrogen-bond donors (Lipinski definition) is 2. The predicted octanol–water partition coefficient (Wildman–Crippen LogP) is 0.582. The van der Waals surface area contributed by atoms with Crippen LogP contribution in [0.4, 0.5) is 0 Å². The summed E-state index contributed by atoms with van der Waals surface area (Å²) in [5.74, 6) is 5.51. The molecule has 0 saturated carbocycles. The first-order chi connectivity index (χ1) is 9.81. The van der Waals surface area contributed by atoms with Gasteiger partial charge in [0.05, 0.1) is 5.56 Å². The van der Waals surface area contributed by atoms with Gasteiger partial charge in [-0.15, -0.1) is 0 Å². The van der Waals surface area contributed by atoms with Crippen LogP contribution in [0.15, 0.2) is 18.3 Å². The van der Waals surface area contributed by atoms with Gasteiger partial charge < -0.3 is 15.2 Å². The number of carbonyl (C=O) groups is 1. The van der Waals surface area contributed by atoms with E-state index in [0.29, 0.717) is 23.7 Å². The molecule has 5 nitrogen and oxygen atoms in total. The maximum Gasteiger partial charge on any atom is 0.271 e. The van der Waals surface area contributed by atoms with Gasteiger partial charge >= 0.3 is 0 Å². The van der Waals surface area contributed by atoms with Crippen molar-refractivity contribution in [2.45, 2.75) is 12.8 Å². The molecule has 0 aromatic carbocycles. The largest absolute Gasteiger partial charge is 0.384 e. The van der Waals surface area contributed by atoms with Crippen LogP contribution in [-0.4, -0.2) is 42.4 Å². The van der Waals surface area contributed by atoms with Gasteiger partial charge in [-0.05, 0) is 30.9 Å². The van der Waals surface area contributed by atoms with E-state index in [1.54, 1.807) is 18.3 Å². The smallest absolute Gasteiger partial charge is 0.271 e.